The van der Waals surface area contributed by atoms with Crippen LogP contribution >= 0.6 is 0 Å². The van der Waals surface area contributed by atoms with Crippen molar-refractivity contribution in [3.05, 3.63) is 35.8 Å². The molecule has 94 valence electrons. The number of carbonyl (C=O) groups excluding carboxylic acids is 1. The van der Waals surface area contributed by atoms with Gasteiger partial charge in [-0.25, -0.2) is 4.98 Å². The molecule has 0 spiro atoms. The molecule has 18 heavy (non-hydrogen) atoms. The van der Waals surface area contributed by atoms with Crippen molar-refractivity contribution in [1.82, 2.24) is 14.3 Å². The molecule has 0 aromatic carbocycles. The van der Waals surface area contributed by atoms with Gasteiger partial charge in [0.05, 0.1) is 12.3 Å². The molecule has 1 saturated heterocycles. The summed E-state index contributed by atoms with van der Waals surface area (Å²) in [6, 6.07) is 3.86. The van der Waals surface area contributed by atoms with Crippen LogP contribution in [-0.4, -0.2) is 44.5 Å². The standard InChI is InChI=1S/C13H15N3O2/c1-9-2-3-12-14-6-11(16(12)7-9)13(18)15-5-4-10(17)8-15/h2-3,6-7,10,17H,4-5,8H2,1H3/t10-/m1/s1. The number of hydrogen-bond acceptors (Lipinski definition) is 3. The second-order valence-corrected chi connectivity index (χ2v) is 4.77. The minimum atomic E-state index is -0.394. The number of imidazole rings is 1. The average Bonchev–Trinajstić information content (AvgIpc) is 2.94. The number of aryl methyl sites for hydroxylation is 1. The molecule has 3 rings (SSSR count). The third-order valence-corrected chi connectivity index (χ3v) is 3.32. The molecule has 0 saturated carbocycles. The largest absolute Gasteiger partial charge is 0.391 e. The number of pyridine rings is 1. The zero-order valence-corrected chi connectivity index (χ0v) is 10.2. The van der Waals surface area contributed by atoms with Crippen molar-refractivity contribution in [3.63, 3.8) is 0 Å². The van der Waals surface area contributed by atoms with Gasteiger partial charge in [-0.3, -0.25) is 9.20 Å². The number of hydrogen-bond donors (Lipinski definition) is 1. The summed E-state index contributed by atoms with van der Waals surface area (Å²) in [5, 5.41) is 9.49. The van der Waals surface area contributed by atoms with Gasteiger partial charge in [0.1, 0.15) is 11.3 Å². The van der Waals surface area contributed by atoms with Gasteiger partial charge in [-0.15, -0.1) is 0 Å². The molecule has 1 amide bonds. The van der Waals surface area contributed by atoms with E-state index in [1.54, 1.807) is 11.1 Å². The summed E-state index contributed by atoms with van der Waals surface area (Å²) in [6.07, 6.45) is 3.76. The summed E-state index contributed by atoms with van der Waals surface area (Å²) in [7, 11) is 0. The van der Waals surface area contributed by atoms with E-state index >= 15 is 0 Å². The Balaban J connectivity index is 1.99. The monoisotopic (exact) mass is 245 g/mol. The zero-order chi connectivity index (χ0) is 12.7. The number of amides is 1. The fourth-order valence-corrected chi connectivity index (χ4v) is 2.33. The first-order valence-electron chi connectivity index (χ1n) is 6.06. The summed E-state index contributed by atoms with van der Waals surface area (Å²) in [6.45, 7) is 3.00. The first-order valence-corrected chi connectivity index (χ1v) is 6.06. The maximum absolute atomic E-state index is 12.3. The van der Waals surface area contributed by atoms with Gasteiger partial charge in [0.25, 0.3) is 5.91 Å². The maximum Gasteiger partial charge on any atom is 0.272 e. The number of β-amino-alcohol motifs (C(OH)–C–C–N with tert-alkyl or cyclic N) is 1. The van der Waals surface area contributed by atoms with Crippen molar-refractivity contribution in [2.24, 2.45) is 0 Å². The first-order chi connectivity index (χ1) is 8.65. The first kappa shape index (κ1) is 11.2. The number of nitrogens with zero attached hydrogens (tertiary/aromatic N) is 3. The van der Waals surface area contributed by atoms with Gasteiger partial charge < -0.3 is 10.0 Å². The van der Waals surface area contributed by atoms with Crippen LogP contribution < -0.4 is 0 Å². The van der Waals surface area contributed by atoms with E-state index in [0.29, 0.717) is 25.2 Å². The van der Waals surface area contributed by atoms with Crippen LogP contribution in [0.15, 0.2) is 24.5 Å². The smallest absolute Gasteiger partial charge is 0.272 e. The van der Waals surface area contributed by atoms with Crippen molar-refractivity contribution in [2.75, 3.05) is 13.1 Å². The molecule has 2 aromatic rings. The molecule has 1 fully saturated rings. The minimum absolute atomic E-state index is 0.0651. The van der Waals surface area contributed by atoms with Crippen LogP contribution in [0, 0.1) is 6.92 Å². The molecule has 1 N–H and O–H groups in total. The number of likely N-dealkylation sites (tertiary alicyclic amines) is 1. The fraction of sp³-hybridized carbons (Fsp3) is 0.385. The highest BCUT2D eigenvalue weighted by atomic mass is 16.3. The normalized spacial score (nSPS) is 19.7. The summed E-state index contributed by atoms with van der Waals surface area (Å²) in [5.74, 6) is -0.0651. The van der Waals surface area contributed by atoms with Crippen molar-refractivity contribution in [2.45, 2.75) is 19.4 Å². The SMILES string of the molecule is Cc1ccc2ncc(C(=O)N3CC[C@@H](O)C3)n2c1. The Morgan fingerprint density at radius 3 is 3.06 bits per heavy atom. The molecular formula is C13H15N3O2. The minimum Gasteiger partial charge on any atom is -0.391 e. The quantitative estimate of drug-likeness (QED) is 0.810. The van der Waals surface area contributed by atoms with Crippen molar-refractivity contribution in [1.29, 1.82) is 0 Å². The number of rotatable bonds is 1. The van der Waals surface area contributed by atoms with Crippen LogP contribution in [0.25, 0.3) is 5.65 Å². The molecule has 0 unspecified atom stereocenters. The van der Waals surface area contributed by atoms with E-state index in [1.165, 1.54) is 0 Å². The van der Waals surface area contributed by atoms with E-state index in [9.17, 15) is 9.90 Å². The van der Waals surface area contributed by atoms with E-state index in [2.05, 4.69) is 4.98 Å². The molecule has 3 heterocycles. The van der Waals surface area contributed by atoms with Gasteiger partial charge in [-0.05, 0) is 25.0 Å². The number of aliphatic hydroxyl groups excluding tert-OH is 1. The second-order valence-electron chi connectivity index (χ2n) is 4.77. The van der Waals surface area contributed by atoms with Crippen molar-refractivity contribution >= 4 is 11.6 Å². The average molecular weight is 245 g/mol. The summed E-state index contributed by atoms with van der Waals surface area (Å²) in [5.41, 5.74) is 2.41. The lowest BCUT2D eigenvalue weighted by Gasteiger charge is -2.14. The third kappa shape index (κ3) is 1.76. The Bertz CT molecular complexity index is 605. The molecule has 0 aliphatic carbocycles. The number of fused-ring (bicyclic) bond motifs is 1. The molecule has 1 atom stereocenters. The van der Waals surface area contributed by atoms with Gasteiger partial charge in [-0.2, -0.15) is 0 Å². The Morgan fingerprint density at radius 1 is 1.50 bits per heavy atom. The highest BCUT2D eigenvalue weighted by molar-refractivity contribution is 5.93. The van der Waals surface area contributed by atoms with Crippen LogP contribution in [0.2, 0.25) is 0 Å². The lowest BCUT2D eigenvalue weighted by atomic mass is 10.3. The Labute approximate surface area is 105 Å². The van der Waals surface area contributed by atoms with E-state index in [1.807, 2.05) is 29.7 Å². The highest BCUT2D eigenvalue weighted by Gasteiger charge is 2.27. The summed E-state index contributed by atoms with van der Waals surface area (Å²) in [4.78, 5) is 18.2. The number of aromatic nitrogens is 2. The number of carbonyl (C=O) groups is 1. The molecular weight excluding hydrogens is 230 g/mol. The van der Waals surface area contributed by atoms with Gasteiger partial charge in [0.2, 0.25) is 0 Å². The Morgan fingerprint density at radius 2 is 2.33 bits per heavy atom. The summed E-state index contributed by atoms with van der Waals surface area (Å²) < 4.78 is 1.81. The Hall–Kier alpha value is -1.88. The number of aliphatic hydroxyl groups is 1. The predicted octanol–water partition coefficient (Wildman–Crippen LogP) is 0.850. The topological polar surface area (TPSA) is 57.8 Å². The van der Waals surface area contributed by atoms with Crippen LogP contribution in [-0.2, 0) is 0 Å². The van der Waals surface area contributed by atoms with Gasteiger partial charge in [-0.1, -0.05) is 6.07 Å². The van der Waals surface area contributed by atoms with Crippen LogP contribution in [0.1, 0.15) is 22.5 Å². The van der Waals surface area contributed by atoms with Crippen LogP contribution in [0.3, 0.4) is 0 Å². The highest BCUT2D eigenvalue weighted by Crippen LogP contribution is 2.15. The van der Waals surface area contributed by atoms with E-state index in [-0.39, 0.29) is 5.91 Å². The Kier molecular flexibility index (Phi) is 2.56. The fourth-order valence-electron chi connectivity index (χ4n) is 2.33. The van der Waals surface area contributed by atoms with Gasteiger partial charge in [0, 0.05) is 19.3 Å². The predicted molar refractivity (Wildman–Crippen MR) is 66.5 cm³/mol. The van der Waals surface area contributed by atoms with Gasteiger partial charge >= 0.3 is 0 Å². The van der Waals surface area contributed by atoms with E-state index in [4.69, 9.17) is 0 Å². The van der Waals surface area contributed by atoms with Crippen molar-refractivity contribution < 1.29 is 9.90 Å². The maximum atomic E-state index is 12.3. The van der Waals surface area contributed by atoms with Crippen LogP contribution in [0.4, 0.5) is 0 Å². The molecule has 0 radical (unpaired) electrons. The van der Waals surface area contributed by atoms with Gasteiger partial charge in [0.15, 0.2) is 0 Å². The van der Waals surface area contributed by atoms with Crippen molar-refractivity contribution in [3.8, 4) is 0 Å². The lowest BCUT2D eigenvalue weighted by molar-refractivity contribution is 0.0758. The second kappa shape index (κ2) is 4.10. The summed E-state index contributed by atoms with van der Waals surface area (Å²) >= 11 is 0. The lowest BCUT2D eigenvalue weighted by Crippen LogP contribution is -2.30. The molecule has 0 bridgehead atoms. The molecule has 1 aliphatic heterocycles. The molecule has 2 aromatic heterocycles. The molecule has 5 nitrogen and oxygen atoms in total. The zero-order valence-electron chi connectivity index (χ0n) is 10.2. The van der Waals surface area contributed by atoms with E-state index in [0.717, 1.165) is 11.2 Å². The van der Waals surface area contributed by atoms with Crippen LogP contribution in [0.5, 0.6) is 0 Å². The molecule has 5 heteroatoms. The molecule has 1 aliphatic rings. The third-order valence-electron chi connectivity index (χ3n) is 3.32. The van der Waals surface area contributed by atoms with E-state index < -0.39 is 6.10 Å².